The molecule has 154 valence electrons. The lowest BCUT2D eigenvalue weighted by Crippen LogP contribution is -2.33. The van der Waals surface area contributed by atoms with Gasteiger partial charge < -0.3 is 5.32 Å². The number of nitrogens with one attached hydrogen (secondary N) is 1. The number of anilines is 1. The highest BCUT2D eigenvalue weighted by molar-refractivity contribution is 7.92. The molecule has 0 aliphatic carbocycles. The summed E-state index contributed by atoms with van der Waals surface area (Å²) in [5, 5.41) is 3.51. The van der Waals surface area contributed by atoms with Crippen molar-refractivity contribution in [1.29, 1.82) is 0 Å². The number of aryl methyl sites for hydroxylation is 1. The second-order valence-electron chi connectivity index (χ2n) is 7.09. The van der Waals surface area contributed by atoms with Crippen LogP contribution in [0.3, 0.4) is 0 Å². The Morgan fingerprint density at radius 2 is 1.96 bits per heavy atom. The van der Waals surface area contributed by atoms with Crippen LogP contribution < -0.4 is 9.62 Å². The van der Waals surface area contributed by atoms with E-state index >= 15 is 0 Å². The molecule has 1 rings (SSSR count). The molecule has 0 heterocycles. The van der Waals surface area contributed by atoms with Crippen molar-refractivity contribution < 1.29 is 13.2 Å². The van der Waals surface area contributed by atoms with Gasteiger partial charge in [0.05, 0.1) is 11.9 Å². The standard InChI is InChI=1S/C20H33ClN2O3S/c1-5-7-9-17(6-2)15-22-20(24)10-8-13-23(27(4,25)26)18-12-11-16(3)19(21)14-18/h11-12,14,17H,5-10,13,15H2,1-4H3,(H,22,24)/t17-/m0/s1. The molecule has 0 radical (unpaired) electrons. The lowest BCUT2D eigenvalue weighted by atomic mass is 9.99. The Hall–Kier alpha value is -1.27. The van der Waals surface area contributed by atoms with Crippen molar-refractivity contribution in [3.8, 4) is 0 Å². The molecule has 27 heavy (non-hydrogen) atoms. The zero-order valence-electron chi connectivity index (χ0n) is 16.9. The fourth-order valence-corrected chi connectivity index (χ4v) is 4.03. The average Bonchev–Trinajstić information content (AvgIpc) is 2.60. The normalized spacial score (nSPS) is 12.6. The highest BCUT2D eigenvalue weighted by Gasteiger charge is 2.18. The Balaban J connectivity index is 2.57. The largest absolute Gasteiger partial charge is 0.356 e. The number of rotatable bonds is 12. The van der Waals surface area contributed by atoms with Gasteiger partial charge in [-0.15, -0.1) is 0 Å². The smallest absolute Gasteiger partial charge is 0.232 e. The third-order valence-electron chi connectivity index (χ3n) is 4.74. The minimum Gasteiger partial charge on any atom is -0.356 e. The highest BCUT2D eigenvalue weighted by atomic mass is 35.5. The molecule has 1 atom stereocenters. The molecule has 0 saturated heterocycles. The number of benzene rings is 1. The maximum Gasteiger partial charge on any atom is 0.232 e. The molecule has 0 fully saturated rings. The lowest BCUT2D eigenvalue weighted by Gasteiger charge is -2.23. The van der Waals surface area contributed by atoms with Crippen molar-refractivity contribution >= 4 is 33.2 Å². The van der Waals surface area contributed by atoms with Gasteiger partial charge in [0.15, 0.2) is 0 Å². The summed E-state index contributed by atoms with van der Waals surface area (Å²) in [4.78, 5) is 12.1. The average molecular weight is 417 g/mol. The van der Waals surface area contributed by atoms with Crippen LogP contribution in [0.1, 0.15) is 57.9 Å². The molecule has 5 nitrogen and oxygen atoms in total. The van der Waals surface area contributed by atoms with E-state index in [4.69, 9.17) is 11.6 Å². The minimum atomic E-state index is -3.44. The predicted molar refractivity (Wildman–Crippen MR) is 114 cm³/mol. The van der Waals surface area contributed by atoms with Gasteiger partial charge in [-0.05, 0) is 43.4 Å². The topological polar surface area (TPSA) is 66.5 Å². The van der Waals surface area contributed by atoms with Gasteiger partial charge in [-0.2, -0.15) is 0 Å². The number of hydrogen-bond donors (Lipinski definition) is 1. The zero-order valence-corrected chi connectivity index (χ0v) is 18.5. The van der Waals surface area contributed by atoms with E-state index in [-0.39, 0.29) is 12.5 Å². The minimum absolute atomic E-state index is 0.0275. The van der Waals surface area contributed by atoms with Crippen LogP contribution in [0.2, 0.25) is 5.02 Å². The molecule has 0 bridgehead atoms. The Kier molecular flexibility index (Phi) is 10.2. The molecular weight excluding hydrogens is 384 g/mol. The van der Waals surface area contributed by atoms with Crippen LogP contribution in [0.25, 0.3) is 0 Å². The number of unbranched alkanes of at least 4 members (excludes halogenated alkanes) is 1. The highest BCUT2D eigenvalue weighted by Crippen LogP contribution is 2.25. The number of nitrogens with zero attached hydrogens (tertiary/aromatic N) is 1. The molecule has 1 aromatic rings. The van der Waals surface area contributed by atoms with E-state index in [1.807, 2.05) is 6.92 Å². The third kappa shape index (κ3) is 8.52. The maximum absolute atomic E-state index is 12.1. The molecule has 1 aromatic carbocycles. The van der Waals surface area contributed by atoms with Crippen molar-refractivity contribution in [1.82, 2.24) is 5.32 Å². The van der Waals surface area contributed by atoms with Gasteiger partial charge in [-0.1, -0.05) is 50.8 Å². The van der Waals surface area contributed by atoms with E-state index in [9.17, 15) is 13.2 Å². The first-order valence-electron chi connectivity index (χ1n) is 9.69. The predicted octanol–water partition coefficient (Wildman–Crippen LogP) is 4.53. The molecule has 1 amide bonds. The van der Waals surface area contributed by atoms with Crippen molar-refractivity contribution in [3.63, 3.8) is 0 Å². The molecule has 0 unspecified atom stereocenters. The summed E-state index contributed by atoms with van der Waals surface area (Å²) in [5.41, 5.74) is 1.42. The summed E-state index contributed by atoms with van der Waals surface area (Å²) in [6.45, 7) is 7.12. The molecule has 0 aromatic heterocycles. The van der Waals surface area contributed by atoms with Crippen molar-refractivity contribution in [2.75, 3.05) is 23.7 Å². The molecule has 0 aliphatic rings. The van der Waals surface area contributed by atoms with E-state index in [1.54, 1.807) is 18.2 Å². The van der Waals surface area contributed by atoms with Gasteiger partial charge in [-0.3, -0.25) is 9.10 Å². The van der Waals surface area contributed by atoms with E-state index < -0.39 is 10.0 Å². The quantitative estimate of drug-likeness (QED) is 0.544. The fourth-order valence-electron chi connectivity index (χ4n) is 2.90. The summed E-state index contributed by atoms with van der Waals surface area (Å²) in [6.07, 6.45) is 6.44. The SMILES string of the molecule is CCCC[C@H](CC)CNC(=O)CCCN(c1ccc(C)c(Cl)c1)S(C)(=O)=O. The number of carbonyl (C=O) groups excluding carboxylic acids is 1. The summed E-state index contributed by atoms with van der Waals surface area (Å²) in [6, 6.07) is 5.18. The first kappa shape index (κ1) is 23.8. The van der Waals surface area contributed by atoms with Crippen LogP contribution in [0.5, 0.6) is 0 Å². The first-order valence-corrected chi connectivity index (χ1v) is 11.9. The number of carbonyl (C=O) groups is 1. The summed E-state index contributed by atoms with van der Waals surface area (Å²) >= 11 is 6.13. The molecule has 7 heteroatoms. The first-order chi connectivity index (χ1) is 12.7. The third-order valence-corrected chi connectivity index (χ3v) is 6.34. The van der Waals surface area contributed by atoms with E-state index in [0.29, 0.717) is 36.0 Å². The van der Waals surface area contributed by atoms with Gasteiger partial charge >= 0.3 is 0 Å². The number of amides is 1. The second-order valence-corrected chi connectivity index (χ2v) is 9.41. The van der Waals surface area contributed by atoms with Crippen LogP contribution in [0, 0.1) is 12.8 Å². The molecule has 0 aliphatic heterocycles. The van der Waals surface area contributed by atoms with Crippen molar-refractivity contribution in [2.24, 2.45) is 5.92 Å². The van der Waals surface area contributed by atoms with Crippen molar-refractivity contribution in [3.05, 3.63) is 28.8 Å². The van der Waals surface area contributed by atoms with Gasteiger partial charge in [-0.25, -0.2) is 8.42 Å². The number of halogens is 1. The molecular formula is C20H33ClN2O3S. The number of sulfonamides is 1. The van der Waals surface area contributed by atoms with Crippen LogP contribution >= 0.6 is 11.6 Å². The monoisotopic (exact) mass is 416 g/mol. The fraction of sp³-hybridized carbons (Fsp3) is 0.650. The zero-order chi connectivity index (χ0) is 20.4. The Bertz CT molecular complexity index is 707. The van der Waals surface area contributed by atoms with Crippen LogP contribution in [0.4, 0.5) is 5.69 Å². The number of hydrogen-bond acceptors (Lipinski definition) is 3. The molecule has 1 N–H and O–H groups in total. The van der Waals surface area contributed by atoms with Gasteiger partial charge in [0, 0.05) is 24.5 Å². The van der Waals surface area contributed by atoms with E-state index in [1.165, 1.54) is 17.0 Å². The van der Waals surface area contributed by atoms with E-state index in [2.05, 4.69) is 19.2 Å². The summed E-state index contributed by atoms with van der Waals surface area (Å²) in [5.74, 6) is 0.483. The van der Waals surface area contributed by atoms with Crippen LogP contribution in [-0.4, -0.2) is 33.7 Å². The van der Waals surface area contributed by atoms with Crippen LogP contribution in [-0.2, 0) is 14.8 Å². The van der Waals surface area contributed by atoms with Gasteiger partial charge in [0.25, 0.3) is 0 Å². The Morgan fingerprint density at radius 3 is 2.52 bits per heavy atom. The Labute approximate surface area is 169 Å². The van der Waals surface area contributed by atoms with Crippen molar-refractivity contribution in [2.45, 2.75) is 59.3 Å². The van der Waals surface area contributed by atoms with Gasteiger partial charge in [0.1, 0.15) is 0 Å². The van der Waals surface area contributed by atoms with Gasteiger partial charge in [0.2, 0.25) is 15.9 Å². The molecule has 0 saturated carbocycles. The summed E-state index contributed by atoms with van der Waals surface area (Å²) < 4.78 is 25.6. The molecule has 0 spiro atoms. The second kappa shape index (κ2) is 11.5. The summed E-state index contributed by atoms with van der Waals surface area (Å²) in [7, 11) is -3.44. The van der Waals surface area contributed by atoms with E-state index in [0.717, 1.165) is 24.8 Å². The maximum atomic E-state index is 12.1. The van der Waals surface area contributed by atoms with Crippen LogP contribution in [0.15, 0.2) is 18.2 Å². The Morgan fingerprint density at radius 1 is 1.26 bits per heavy atom. The lowest BCUT2D eigenvalue weighted by molar-refractivity contribution is -0.121.